The Kier molecular flexibility index (Phi) is 3.63. The van der Waals surface area contributed by atoms with Crippen molar-refractivity contribution in [3.8, 4) is 0 Å². The van der Waals surface area contributed by atoms with Crippen LogP contribution in [0.15, 0.2) is 6.07 Å². The quantitative estimate of drug-likeness (QED) is 0.918. The average Bonchev–Trinajstić information content (AvgIpc) is 3.00. The molecule has 1 aromatic heterocycles. The van der Waals surface area contributed by atoms with E-state index in [-0.39, 0.29) is 5.91 Å². The Balaban J connectivity index is 1.73. The van der Waals surface area contributed by atoms with E-state index in [0.717, 1.165) is 18.0 Å². The fraction of sp³-hybridized carbons (Fsp3) is 0.667. The van der Waals surface area contributed by atoms with Gasteiger partial charge in [0, 0.05) is 23.5 Å². The lowest BCUT2D eigenvalue weighted by molar-refractivity contribution is 0.0733. The number of hydrogen-bond donors (Lipinski definition) is 1. The second kappa shape index (κ2) is 5.25. The minimum Gasteiger partial charge on any atom is -0.333 e. The maximum absolute atomic E-state index is 12.7. The van der Waals surface area contributed by atoms with Crippen LogP contribution in [0.4, 0.5) is 0 Å². The lowest BCUT2D eigenvalue weighted by Gasteiger charge is -2.25. The van der Waals surface area contributed by atoms with Crippen molar-refractivity contribution in [3.63, 3.8) is 0 Å². The molecule has 1 aromatic rings. The fourth-order valence-corrected chi connectivity index (χ4v) is 3.74. The van der Waals surface area contributed by atoms with Crippen molar-refractivity contribution >= 4 is 17.2 Å². The van der Waals surface area contributed by atoms with Crippen LogP contribution in [0.25, 0.3) is 0 Å². The summed E-state index contributed by atoms with van der Waals surface area (Å²) in [6.45, 7) is 6.17. The third-order valence-corrected chi connectivity index (χ3v) is 5.35. The van der Waals surface area contributed by atoms with Crippen LogP contribution in [0, 0.1) is 13.8 Å². The summed E-state index contributed by atoms with van der Waals surface area (Å²) >= 11 is 1.64. The van der Waals surface area contributed by atoms with Crippen LogP contribution in [-0.4, -0.2) is 36.0 Å². The van der Waals surface area contributed by atoms with Crippen molar-refractivity contribution in [1.82, 2.24) is 10.2 Å². The van der Waals surface area contributed by atoms with Gasteiger partial charge in [-0.3, -0.25) is 4.79 Å². The number of carbonyl (C=O) groups is 1. The van der Waals surface area contributed by atoms with Gasteiger partial charge in [0.15, 0.2) is 0 Å². The molecule has 3 nitrogen and oxygen atoms in total. The summed E-state index contributed by atoms with van der Waals surface area (Å²) in [6, 6.07) is 3.06. The SMILES string of the molecule is Cc1cc(C(=O)N(CC2CCCN2)C2CC2)sc1C. The summed E-state index contributed by atoms with van der Waals surface area (Å²) in [5.74, 6) is 0.248. The molecular formula is C15H22N2OS. The first-order chi connectivity index (χ1) is 9.15. The fourth-order valence-electron chi connectivity index (χ4n) is 2.75. The van der Waals surface area contributed by atoms with Gasteiger partial charge >= 0.3 is 0 Å². The zero-order valence-corrected chi connectivity index (χ0v) is 12.6. The van der Waals surface area contributed by atoms with Crippen LogP contribution in [0.5, 0.6) is 0 Å². The highest BCUT2D eigenvalue weighted by atomic mass is 32.1. The minimum absolute atomic E-state index is 0.248. The Morgan fingerprint density at radius 2 is 2.21 bits per heavy atom. The molecule has 1 aliphatic heterocycles. The van der Waals surface area contributed by atoms with E-state index < -0.39 is 0 Å². The first-order valence-electron chi connectivity index (χ1n) is 7.26. The molecule has 4 heteroatoms. The highest BCUT2D eigenvalue weighted by Crippen LogP contribution is 2.31. The number of thiophene rings is 1. The van der Waals surface area contributed by atoms with Gasteiger partial charge in [0.05, 0.1) is 4.88 Å². The molecule has 1 saturated heterocycles. The third-order valence-electron chi connectivity index (χ3n) is 4.20. The monoisotopic (exact) mass is 278 g/mol. The van der Waals surface area contributed by atoms with E-state index in [4.69, 9.17) is 0 Å². The Labute approximate surface area is 119 Å². The first-order valence-corrected chi connectivity index (χ1v) is 8.08. The summed E-state index contributed by atoms with van der Waals surface area (Å²) in [5, 5.41) is 3.50. The summed E-state index contributed by atoms with van der Waals surface area (Å²) in [6.07, 6.45) is 4.82. The van der Waals surface area contributed by atoms with Crippen molar-refractivity contribution < 1.29 is 4.79 Å². The maximum atomic E-state index is 12.7. The van der Waals surface area contributed by atoms with Gasteiger partial charge in [0.25, 0.3) is 5.91 Å². The van der Waals surface area contributed by atoms with E-state index in [1.807, 2.05) is 0 Å². The van der Waals surface area contributed by atoms with Gasteiger partial charge in [-0.2, -0.15) is 0 Å². The molecule has 19 heavy (non-hydrogen) atoms. The number of hydrogen-bond acceptors (Lipinski definition) is 3. The van der Waals surface area contributed by atoms with E-state index in [0.29, 0.717) is 12.1 Å². The summed E-state index contributed by atoms with van der Waals surface area (Å²) in [5.41, 5.74) is 1.24. The highest BCUT2D eigenvalue weighted by molar-refractivity contribution is 7.14. The normalized spacial score (nSPS) is 22.7. The third kappa shape index (κ3) is 2.84. The van der Waals surface area contributed by atoms with Crippen molar-refractivity contribution in [2.75, 3.05) is 13.1 Å². The predicted octanol–water partition coefficient (Wildman–Crippen LogP) is 2.72. The van der Waals surface area contributed by atoms with Crippen molar-refractivity contribution in [2.24, 2.45) is 0 Å². The number of carbonyl (C=O) groups excluding carboxylic acids is 1. The topological polar surface area (TPSA) is 32.3 Å². The Morgan fingerprint density at radius 3 is 2.74 bits per heavy atom. The van der Waals surface area contributed by atoms with Crippen molar-refractivity contribution in [2.45, 2.75) is 51.6 Å². The molecule has 0 aromatic carbocycles. The molecule has 1 N–H and O–H groups in total. The molecule has 1 amide bonds. The Bertz CT molecular complexity index is 453. The van der Waals surface area contributed by atoms with Gasteiger partial charge in [0.1, 0.15) is 0 Å². The lowest BCUT2D eigenvalue weighted by Crippen LogP contribution is -2.42. The van der Waals surface area contributed by atoms with E-state index in [1.165, 1.54) is 36.1 Å². The van der Waals surface area contributed by atoms with Gasteiger partial charge in [-0.1, -0.05) is 0 Å². The molecule has 2 aliphatic rings. The van der Waals surface area contributed by atoms with Gasteiger partial charge in [-0.25, -0.2) is 0 Å². The molecular weight excluding hydrogens is 256 g/mol. The number of amides is 1. The van der Waals surface area contributed by atoms with Gasteiger partial charge in [0.2, 0.25) is 0 Å². The van der Waals surface area contributed by atoms with Crippen molar-refractivity contribution in [1.29, 1.82) is 0 Å². The molecule has 1 unspecified atom stereocenters. The van der Waals surface area contributed by atoms with E-state index >= 15 is 0 Å². The zero-order valence-electron chi connectivity index (χ0n) is 11.7. The molecule has 2 heterocycles. The van der Waals surface area contributed by atoms with E-state index in [9.17, 15) is 4.79 Å². The Morgan fingerprint density at radius 1 is 1.42 bits per heavy atom. The first kappa shape index (κ1) is 13.1. The van der Waals surface area contributed by atoms with Crippen LogP contribution in [0.1, 0.15) is 45.8 Å². The number of rotatable bonds is 4. The number of nitrogens with one attached hydrogen (secondary N) is 1. The molecule has 1 saturated carbocycles. The molecule has 0 bridgehead atoms. The maximum Gasteiger partial charge on any atom is 0.264 e. The lowest BCUT2D eigenvalue weighted by atomic mass is 10.2. The molecule has 0 radical (unpaired) electrons. The highest BCUT2D eigenvalue weighted by Gasteiger charge is 2.35. The molecule has 2 fully saturated rings. The molecule has 1 atom stereocenters. The van der Waals surface area contributed by atoms with Crippen molar-refractivity contribution in [3.05, 3.63) is 21.4 Å². The van der Waals surface area contributed by atoms with E-state index in [1.54, 1.807) is 11.3 Å². The van der Waals surface area contributed by atoms with E-state index in [2.05, 4.69) is 30.1 Å². The van der Waals surface area contributed by atoms with Crippen LogP contribution in [-0.2, 0) is 0 Å². The molecule has 0 spiro atoms. The van der Waals surface area contributed by atoms with Crippen LogP contribution in [0.2, 0.25) is 0 Å². The molecule has 1 aliphatic carbocycles. The smallest absolute Gasteiger partial charge is 0.264 e. The molecule has 104 valence electrons. The van der Waals surface area contributed by atoms with Gasteiger partial charge < -0.3 is 10.2 Å². The largest absolute Gasteiger partial charge is 0.333 e. The van der Waals surface area contributed by atoms with Gasteiger partial charge in [-0.15, -0.1) is 11.3 Å². The zero-order chi connectivity index (χ0) is 13.4. The Hall–Kier alpha value is -0.870. The minimum atomic E-state index is 0.248. The van der Waals surface area contributed by atoms with Crippen LogP contribution in [0.3, 0.4) is 0 Å². The van der Waals surface area contributed by atoms with Gasteiger partial charge in [-0.05, 0) is 57.7 Å². The standard InChI is InChI=1S/C15H22N2OS/c1-10-8-14(19-11(10)2)15(18)17(13-5-6-13)9-12-4-3-7-16-12/h8,12-13,16H,3-7,9H2,1-2H3. The predicted molar refractivity (Wildman–Crippen MR) is 78.9 cm³/mol. The second-order valence-electron chi connectivity index (χ2n) is 5.83. The summed E-state index contributed by atoms with van der Waals surface area (Å²) in [4.78, 5) is 17.0. The van der Waals surface area contributed by atoms with Crippen LogP contribution < -0.4 is 5.32 Å². The second-order valence-corrected chi connectivity index (χ2v) is 7.09. The van der Waals surface area contributed by atoms with Crippen LogP contribution >= 0.6 is 11.3 Å². The number of nitrogens with zero attached hydrogens (tertiary/aromatic N) is 1. The summed E-state index contributed by atoms with van der Waals surface area (Å²) < 4.78 is 0. The summed E-state index contributed by atoms with van der Waals surface area (Å²) in [7, 11) is 0. The molecule has 3 rings (SSSR count). The number of aryl methyl sites for hydroxylation is 2. The average molecular weight is 278 g/mol.